The first-order valence-electron chi connectivity index (χ1n) is 4.04. The van der Waals surface area contributed by atoms with Crippen LogP contribution in [-0.4, -0.2) is 10.2 Å². The van der Waals surface area contributed by atoms with Gasteiger partial charge in [-0.2, -0.15) is 0 Å². The Morgan fingerprint density at radius 2 is 2.25 bits per heavy atom. The molecule has 1 heterocycles. The fraction of sp³-hybridized carbons (Fsp3) is 0.444. The average Bonchev–Trinajstić information content (AvgIpc) is 2.05. The molecule has 3 heteroatoms. The fourth-order valence-corrected chi connectivity index (χ4v) is 1.68. The molecule has 12 heavy (non-hydrogen) atoms. The van der Waals surface area contributed by atoms with Gasteiger partial charge in [0.1, 0.15) is 0 Å². The second-order valence-electron chi connectivity index (χ2n) is 2.86. The maximum Gasteiger partial charge on any atom is 0.0540 e. The summed E-state index contributed by atoms with van der Waals surface area (Å²) in [6.45, 7) is 4.86. The minimum Gasteiger partial charge on any atom is -0.325 e. The molecule has 0 aliphatic carbocycles. The summed E-state index contributed by atoms with van der Waals surface area (Å²) in [5.74, 6) is 0. The third kappa shape index (κ3) is 2.83. The third-order valence-electron chi connectivity index (χ3n) is 1.38. The summed E-state index contributed by atoms with van der Waals surface area (Å²) >= 11 is 1.81. The van der Waals surface area contributed by atoms with E-state index in [1.165, 1.54) is 4.90 Å². The first-order chi connectivity index (χ1) is 5.72. The highest BCUT2D eigenvalue weighted by atomic mass is 32.2. The summed E-state index contributed by atoms with van der Waals surface area (Å²) in [7, 11) is 0. The van der Waals surface area contributed by atoms with Crippen LogP contribution in [0.15, 0.2) is 23.2 Å². The van der Waals surface area contributed by atoms with Crippen molar-refractivity contribution < 1.29 is 0 Å². The number of pyridine rings is 1. The van der Waals surface area contributed by atoms with Crippen LogP contribution in [0, 0.1) is 0 Å². The predicted octanol–water partition coefficient (Wildman–Crippen LogP) is 2.04. The molecule has 2 N–H and O–H groups in total. The Morgan fingerprint density at radius 1 is 1.50 bits per heavy atom. The van der Waals surface area contributed by atoms with Gasteiger partial charge in [-0.25, -0.2) is 0 Å². The van der Waals surface area contributed by atoms with Crippen LogP contribution in [0.1, 0.15) is 19.5 Å². The van der Waals surface area contributed by atoms with Gasteiger partial charge in [0.2, 0.25) is 0 Å². The van der Waals surface area contributed by atoms with Crippen molar-refractivity contribution in [2.45, 2.75) is 30.5 Å². The van der Waals surface area contributed by atoms with Crippen LogP contribution in [0.5, 0.6) is 0 Å². The standard InChI is InChI=1S/C9H14N2S/c1-7(2)12-9-4-3-8(5-10)11-6-9/h3-4,6-7H,5,10H2,1-2H3. The minimum absolute atomic E-state index is 0.520. The molecule has 0 unspecified atom stereocenters. The summed E-state index contributed by atoms with van der Waals surface area (Å²) in [5, 5.41) is 0.607. The second kappa shape index (κ2) is 4.48. The van der Waals surface area contributed by atoms with E-state index >= 15 is 0 Å². The van der Waals surface area contributed by atoms with Crippen LogP contribution in [0.3, 0.4) is 0 Å². The summed E-state index contributed by atoms with van der Waals surface area (Å²) in [6, 6.07) is 4.05. The van der Waals surface area contributed by atoms with E-state index in [0.29, 0.717) is 11.8 Å². The van der Waals surface area contributed by atoms with Crippen molar-refractivity contribution in [3.63, 3.8) is 0 Å². The SMILES string of the molecule is CC(C)Sc1ccc(CN)nc1. The average molecular weight is 182 g/mol. The van der Waals surface area contributed by atoms with E-state index < -0.39 is 0 Å². The molecule has 0 aliphatic rings. The van der Waals surface area contributed by atoms with Crippen LogP contribution in [0.2, 0.25) is 0 Å². The lowest BCUT2D eigenvalue weighted by molar-refractivity contribution is 0.975. The van der Waals surface area contributed by atoms with Crippen molar-refractivity contribution in [1.29, 1.82) is 0 Å². The lowest BCUT2D eigenvalue weighted by Crippen LogP contribution is -1.98. The van der Waals surface area contributed by atoms with E-state index in [2.05, 4.69) is 24.9 Å². The Morgan fingerprint density at radius 3 is 2.67 bits per heavy atom. The van der Waals surface area contributed by atoms with Gasteiger partial charge in [0.25, 0.3) is 0 Å². The highest BCUT2D eigenvalue weighted by Gasteiger charge is 1.98. The summed E-state index contributed by atoms with van der Waals surface area (Å²) in [5.41, 5.74) is 6.38. The molecule has 2 nitrogen and oxygen atoms in total. The second-order valence-corrected chi connectivity index (χ2v) is 4.51. The molecule has 0 aliphatic heterocycles. The molecule has 0 fully saturated rings. The van der Waals surface area contributed by atoms with Gasteiger partial charge in [-0.3, -0.25) is 4.98 Å². The van der Waals surface area contributed by atoms with Gasteiger partial charge in [0.15, 0.2) is 0 Å². The highest BCUT2D eigenvalue weighted by molar-refractivity contribution is 7.99. The number of thioether (sulfide) groups is 1. The lowest BCUT2D eigenvalue weighted by Gasteiger charge is -2.04. The van der Waals surface area contributed by atoms with Crippen LogP contribution in [0.25, 0.3) is 0 Å². The number of aromatic nitrogens is 1. The van der Waals surface area contributed by atoms with Gasteiger partial charge in [0.05, 0.1) is 5.69 Å². The van der Waals surface area contributed by atoms with E-state index in [9.17, 15) is 0 Å². The summed E-state index contributed by atoms with van der Waals surface area (Å²) in [6.07, 6.45) is 1.88. The Balaban J connectivity index is 2.65. The van der Waals surface area contributed by atoms with Crippen molar-refractivity contribution in [2.75, 3.05) is 0 Å². The number of hydrogen-bond acceptors (Lipinski definition) is 3. The van der Waals surface area contributed by atoms with Crippen LogP contribution in [-0.2, 0) is 6.54 Å². The Labute approximate surface area is 77.6 Å². The summed E-state index contributed by atoms with van der Waals surface area (Å²) in [4.78, 5) is 5.41. The van der Waals surface area contributed by atoms with Gasteiger partial charge in [-0.1, -0.05) is 13.8 Å². The molecule has 0 aromatic carbocycles. The van der Waals surface area contributed by atoms with Crippen molar-refractivity contribution in [1.82, 2.24) is 4.98 Å². The van der Waals surface area contributed by atoms with E-state index in [4.69, 9.17) is 5.73 Å². The summed E-state index contributed by atoms with van der Waals surface area (Å²) < 4.78 is 0. The molecule has 1 aromatic heterocycles. The van der Waals surface area contributed by atoms with E-state index in [0.717, 1.165) is 5.69 Å². The molecule has 0 spiro atoms. The van der Waals surface area contributed by atoms with Crippen LogP contribution >= 0.6 is 11.8 Å². The number of hydrogen-bond donors (Lipinski definition) is 1. The van der Waals surface area contributed by atoms with Gasteiger partial charge in [0, 0.05) is 22.9 Å². The smallest absolute Gasteiger partial charge is 0.0540 e. The van der Waals surface area contributed by atoms with Crippen LogP contribution < -0.4 is 5.73 Å². The van der Waals surface area contributed by atoms with Crippen LogP contribution in [0.4, 0.5) is 0 Å². The van der Waals surface area contributed by atoms with Crippen molar-refractivity contribution >= 4 is 11.8 Å². The predicted molar refractivity (Wildman–Crippen MR) is 53.1 cm³/mol. The fourth-order valence-electron chi connectivity index (χ4n) is 0.874. The topological polar surface area (TPSA) is 38.9 Å². The quantitative estimate of drug-likeness (QED) is 0.727. The van der Waals surface area contributed by atoms with Gasteiger partial charge < -0.3 is 5.73 Å². The van der Waals surface area contributed by atoms with Gasteiger partial charge in [-0.15, -0.1) is 11.8 Å². The molecular weight excluding hydrogens is 168 g/mol. The highest BCUT2D eigenvalue weighted by Crippen LogP contribution is 2.21. The molecule has 0 atom stereocenters. The Kier molecular flexibility index (Phi) is 3.56. The maximum absolute atomic E-state index is 5.43. The minimum atomic E-state index is 0.520. The van der Waals surface area contributed by atoms with Crippen molar-refractivity contribution in [3.05, 3.63) is 24.0 Å². The molecule has 0 radical (unpaired) electrons. The number of nitrogens with two attached hydrogens (primary N) is 1. The number of nitrogens with zero attached hydrogens (tertiary/aromatic N) is 1. The molecule has 1 rings (SSSR count). The molecular formula is C9H14N2S. The normalized spacial score (nSPS) is 10.7. The van der Waals surface area contributed by atoms with Crippen molar-refractivity contribution in [3.8, 4) is 0 Å². The molecule has 0 amide bonds. The number of rotatable bonds is 3. The maximum atomic E-state index is 5.43. The van der Waals surface area contributed by atoms with E-state index in [1.54, 1.807) is 0 Å². The molecule has 0 saturated heterocycles. The molecule has 0 saturated carbocycles. The molecule has 0 bridgehead atoms. The van der Waals surface area contributed by atoms with Crippen molar-refractivity contribution in [2.24, 2.45) is 5.73 Å². The van der Waals surface area contributed by atoms with E-state index in [1.807, 2.05) is 24.0 Å². The van der Waals surface area contributed by atoms with Gasteiger partial charge >= 0.3 is 0 Å². The Hall–Kier alpha value is -0.540. The largest absolute Gasteiger partial charge is 0.325 e. The Bertz CT molecular complexity index is 231. The first kappa shape index (κ1) is 9.55. The monoisotopic (exact) mass is 182 g/mol. The zero-order valence-electron chi connectivity index (χ0n) is 7.45. The molecule has 1 aromatic rings. The van der Waals surface area contributed by atoms with E-state index in [-0.39, 0.29) is 0 Å². The zero-order chi connectivity index (χ0) is 8.97. The lowest BCUT2D eigenvalue weighted by atomic mass is 10.4. The third-order valence-corrected chi connectivity index (χ3v) is 2.36. The zero-order valence-corrected chi connectivity index (χ0v) is 8.27. The van der Waals surface area contributed by atoms with Gasteiger partial charge in [-0.05, 0) is 12.1 Å². The molecule has 66 valence electrons. The first-order valence-corrected chi connectivity index (χ1v) is 4.92.